The number of hydrogen-bond donors (Lipinski definition) is 1. The van der Waals surface area contributed by atoms with Gasteiger partial charge in [0, 0.05) is 19.0 Å². The molecule has 0 aromatic rings. The average Bonchev–Trinajstić information content (AvgIpc) is 2.30. The van der Waals surface area contributed by atoms with E-state index in [2.05, 4.69) is 0 Å². The number of ketones is 1. The van der Waals surface area contributed by atoms with Crippen molar-refractivity contribution in [3.63, 3.8) is 0 Å². The van der Waals surface area contributed by atoms with Crippen LogP contribution in [0.2, 0.25) is 0 Å². The summed E-state index contributed by atoms with van der Waals surface area (Å²) < 4.78 is 0. The summed E-state index contributed by atoms with van der Waals surface area (Å²) in [6.07, 6.45) is 0. The second kappa shape index (κ2) is 6.86. The molecule has 0 fully saturated rings. The summed E-state index contributed by atoms with van der Waals surface area (Å²) >= 11 is 0. The fourth-order valence-corrected chi connectivity index (χ4v) is 1.57. The lowest BCUT2D eigenvalue weighted by atomic mass is 9.86. The smallest absolute Gasteiger partial charge is 0.317 e. The third-order valence-corrected chi connectivity index (χ3v) is 3.04. The summed E-state index contributed by atoms with van der Waals surface area (Å²) in [4.78, 5) is 27.6. The Balaban J connectivity index is 4.60. The molecule has 0 bridgehead atoms. The summed E-state index contributed by atoms with van der Waals surface area (Å²) in [5, 5.41) is 1.15. The van der Waals surface area contributed by atoms with Crippen LogP contribution in [-0.4, -0.2) is 66.9 Å². The topological polar surface area (TPSA) is 69.9 Å². The number of likely N-dealkylation sites (N-methyl/N-ethyl adjacent to an activating group) is 2. The molecular weight excluding hydrogens is 244 g/mol. The molecule has 6 nitrogen and oxygen atoms in total. The highest BCUT2D eigenvalue weighted by molar-refractivity contribution is 5.91. The minimum absolute atomic E-state index is 0.0179. The van der Waals surface area contributed by atoms with Crippen molar-refractivity contribution in [2.24, 2.45) is 11.3 Å². The molecule has 0 aliphatic carbocycles. The van der Waals surface area contributed by atoms with Crippen LogP contribution in [0.15, 0.2) is 0 Å². The largest absolute Gasteiger partial charge is 0.334 e. The minimum Gasteiger partial charge on any atom is -0.317 e. The van der Waals surface area contributed by atoms with Gasteiger partial charge in [-0.3, -0.25) is 9.80 Å². The van der Waals surface area contributed by atoms with Gasteiger partial charge < -0.3 is 9.80 Å². The predicted molar refractivity (Wildman–Crippen MR) is 76.5 cm³/mol. The normalized spacial score (nSPS) is 13.3. The van der Waals surface area contributed by atoms with E-state index in [0.717, 1.165) is 5.01 Å². The maximum atomic E-state index is 12.1. The van der Waals surface area contributed by atoms with E-state index in [9.17, 15) is 9.59 Å². The molecule has 1 atom stereocenters. The molecule has 0 heterocycles. The van der Waals surface area contributed by atoms with Gasteiger partial charge in [0.25, 0.3) is 0 Å². The van der Waals surface area contributed by atoms with Crippen molar-refractivity contribution in [1.82, 2.24) is 14.8 Å². The standard InChI is InChI=1S/C13H28N4O2/c1-10(11(18)13(2,3)4)16(7)12(19)17(14)9-8-15(5)6/h10H,8-9,14H2,1-7H3. The van der Waals surface area contributed by atoms with E-state index >= 15 is 0 Å². The van der Waals surface area contributed by atoms with Gasteiger partial charge in [0.15, 0.2) is 5.78 Å². The molecular formula is C13H28N4O2. The van der Waals surface area contributed by atoms with Gasteiger partial charge in [0.1, 0.15) is 0 Å². The van der Waals surface area contributed by atoms with Crippen LogP contribution in [0.4, 0.5) is 4.79 Å². The third kappa shape index (κ3) is 5.57. The molecule has 1 unspecified atom stereocenters. The first kappa shape index (κ1) is 17.9. The van der Waals surface area contributed by atoms with Gasteiger partial charge >= 0.3 is 6.03 Å². The Hall–Kier alpha value is -1.14. The molecule has 0 aromatic carbocycles. The van der Waals surface area contributed by atoms with E-state index in [1.54, 1.807) is 14.0 Å². The van der Waals surface area contributed by atoms with E-state index in [1.807, 2.05) is 39.8 Å². The van der Waals surface area contributed by atoms with E-state index in [4.69, 9.17) is 5.84 Å². The molecule has 2 amide bonds. The number of hydrogen-bond acceptors (Lipinski definition) is 4. The summed E-state index contributed by atoms with van der Waals surface area (Å²) in [5.41, 5.74) is -0.475. The Labute approximate surface area is 116 Å². The third-order valence-electron chi connectivity index (χ3n) is 3.04. The first-order valence-electron chi connectivity index (χ1n) is 6.46. The highest BCUT2D eigenvalue weighted by Crippen LogP contribution is 2.19. The molecule has 112 valence electrons. The zero-order valence-electron chi connectivity index (χ0n) is 13.2. The van der Waals surface area contributed by atoms with Gasteiger partial charge in [-0.1, -0.05) is 20.8 Å². The van der Waals surface area contributed by atoms with Crippen molar-refractivity contribution < 1.29 is 9.59 Å². The van der Waals surface area contributed by atoms with Crippen LogP contribution < -0.4 is 5.84 Å². The van der Waals surface area contributed by atoms with Crippen LogP contribution in [-0.2, 0) is 4.79 Å². The quantitative estimate of drug-likeness (QED) is 0.456. The van der Waals surface area contributed by atoms with Crippen LogP contribution in [0, 0.1) is 5.41 Å². The van der Waals surface area contributed by atoms with Crippen LogP contribution in [0.3, 0.4) is 0 Å². The molecule has 0 aliphatic heterocycles. The first-order valence-corrected chi connectivity index (χ1v) is 6.46. The van der Waals surface area contributed by atoms with Crippen molar-refractivity contribution in [3.8, 4) is 0 Å². The minimum atomic E-state index is -0.488. The Morgan fingerprint density at radius 2 is 1.58 bits per heavy atom. The highest BCUT2D eigenvalue weighted by atomic mass is 16.2. The van der Waals surface area contributed by atoms with Crippen molar-refractivity contribution in [2.75, 3.05) is 34.2 Å². The average molecular weight is 272 g/mol. The molecule has 0 aliphatic rings. The van der Waals surface area contributed by atoms with Gasteiger partial charge in [-0.25, -0.2) is 10.6 Å². The number of rotatable bonds is 5. The molecule has 0 aromatic heterocycles. The fourth-order valence-electron chi connectivity index (χ4n) is 1.57. The molecule has 6 heteroatoms. The first-order chi connectivity index (χ1) is 8.48. The molecule has 2 N–H and O–H groups in total. The predicted octanol–water partition coefficient (Wildman–Crippen LogP) is 0.779. The number of carbonyl (C=O) groups is 2. The number of hydrazine groups is 1. The van der Waals surface area contributed by atoms with E-state index in [1.165, 1.54) is 4.90 Å². The van der Waals surface area contributed by atoms with Crippen LogP contribution >= 0.6 is 0 Å². The lowest BCUT2D eigenvalue weighted by Gasteiger charge is -2.32. The summed E-state index contributed by atoms with van der Waals surface area (Å²) in [7, 11) is 5.42. The number of amides is 2. The number of carbonyl (C=O) groups excluding carboxylic acids is 2. The summed E-state index contributed by atoms with van der Waals surface area (Å²) in [6.45, 7) is 8.36. The molecule has 0 saturated carbocycles. The van der Waals surface area contributed by atoms with Gasteiger partial charge in [-0.2, -0.15) is 0 Å². The number of nitrogens with two attached hydrogens (primary N) is 1. The van der Waals surface area contributed by atoms with Gasteiger partial charge in [-0.05, 0) is 21.0 Å². The molecule has 0 rings (SSSR count). The zero-order chi connectivity index (χ0) is 15.4. The molecule has 19 heavy (non-hydrogen) atoms. The van der Waals surface area contributed by atoms with E-state index in [-0.39, 0.29) is 11.8 Å². The summed E-state index contributed by atoms with van der Waals surface area (Å²) in [6, 6.07) is -0.829. The molecule has 0 saturated heterocycles. The number of nitrogens with zero attached hydrogens (tertiary/aromatic N) is 3. The second-order valence-corrected chi connectivity index (χ2v) is 6.18. The molecule has 0 radical (unpaired) electrons. The van der Waals surface area contributed by atoms with Crippen LogP contribution in [0.25, 0.3) is 0 Å². The van der Waals surface area contributed by atoms with Gasteiger partial charge in [-0.15, -0.1) is 0 Å². The Morgan fingerprint density at radius 1 is 1.11 bits per heavy atom. The van der Waals surface area contributed by atoms with E-state index < -0.39 is 11.5 Å². The number of Topliss-reactive ketones (excluding diaryl/α,β-unsaturated/α-hetero) is 1. The monoisotopic (exact) mass is 272 g/mol. The second-order valence-electron chi connectivity index (χ2n) is 6.18. The van der Waals surface area contributed by atoms with Crippen LogP contribution in [0.1, 0.15) is 27.7 Å². The van der Waals surface area contributed by atoms with Crippen molar-refractivity contribution in [2.45, 2.75) is 33.7 Å². The molecule has 0 spiro atoms. The summed E-state index contributed by atoms with van der Waals surface area (Å²) in [5.74, 6) is 5.74. The van der Waals surface area contributed by atoms with Crippen molar-refractivity contribution >= 4 is 11.8 Å². The maximum absolute atomic E-state index is 12.1. The van der Waals surface area contributed by atoms with Crippen LogP contribution in [0.5, 0.6) is 0 Å². The lowest BCUT2D eigenvalue weighted by molar-refractivity contribution is -0.130. The van der Waals surface area contributed by atoms with Gasteiger partial charge in [0.05, 0.1) is 12.6 Å². The SMILES string of the molecule is CC(C(=O)C(C)(C)C)N(C)C(=O)N(N)CCN(C)C. The fraction of sp³-hybridized carbons (Fsp3) is 0.846. The maximum Gasteiger partial charge on any atom is 0.334 e. The Kier molecular flexibility index (Phi) is 6.45. The Bertz CT molecular complexity index is 323. The Morgan fingerprint density at radius 3 is 1.95 bits per heavy atom. The van der Waals surface area contributed by atoms with E-state index in [0.29, 0.717) is 13.1 Å². The van der Waals surface area contributed by atoms with Gasteiger partial charge in [0.2, 0.25) is 0 Å². The zero-order valence-corrected chi connectivity index (χ0v) is 13.2. The highest BCUT2D eigenvalue weighted by Gasteiger charge is 2.32. The van der Waals surface area contributed by atoms with Crippen molar-refractivity contribution in [1.29, 1.82) is 0 Å². The lowest BCUT2D eigenvalue weighted by Crippen LogP contribution is -2.53. The number of urea groups is 1. The van der Waals surface area contributed by atoms with Crippen molar-refractivity contribution in [3.05, 3.63) is 0 Å².